The van der Waals surface area contributed by atoms with Crippen LogP contribution in [-0.4, -0.2) is 11.3 Å². The second-order valence-corrected chi connectivity index (χ2v) is 2.61. The molecule has 4 nitrogen and oxygen atoms in total. The molecule has 0 aliphatic heterocycles. The van der Waals surface area contributed by atoms with Gasteiger partial charge in [0.15, 0.2) is 6.29 Å². The number of aldehydes is 1. The first-order chi connectivity index (χ1) is 6.61. The molecule has 0 bridgehead atoms. The molecule has 0 unspecified atom stereocenters. The Morgan fingerprint density at radius 2 is 2.21 bits per heavy atom. The molecule has 6 heteroatoms. The number of carbonyl (C=O) groups excluding carboxylic acids is 1. The van der Waals surface area contributed by atoms with Crippen LogP contribution in [0.4, 0.5) is 14.5 Å². The number of hydrogen-bond acceptors (Lipinski definition) is 4. The molecule has 0 fully saturated rings. The Bertz CT molecular complexity index is 355. The molecule has 1 aromatic heterocycles. The van der Waals surface area contributed by atoms with Crippen molar-refractivity contribution >= 4 is 12.0 Å². The average molecular weight is 201 g/mol. The number of halogens is 2. The standard InChI is InChI=1S/C8H9F2N3O/c9-8(10)6-5(1-11)13-2-4(3-14)7(6)12/h2-3,8H,1,11H2,(H2,12,13). The molecular formula is C8H9F2N3O. The van der Waals surface area contributed by atoms with E-state index < -0.39 is 12.0 Å². The van der Waals surface area contributed by atoms with Crippen molar-refractivity contribution in [2.75, 3.05) is 5.73 Å². The predicted octanol–water partition coefficient (Wildman–Crippen LogP) is 0.873. The van der Waals surface area contributed by atoms with Crippen LogP contribution in [-0.2, 0) is 6.54 Å². The summed E-state index contributed by atoms with van der Waals surface area (Å²) in [6.07, 6.45) is -1.26. The lowest BCUT2D eigenvalue weighted by molar-refractivity contribution is 0.112. The van der Waals surface area contributed by atoms with Crippen LogP contribution in [0.2, 0.25) is 0 Å². The van der Waals surface area contributed by atoms with Gasteiger partial charge in [-0.15, -0.1) is 0 Å². The molecule has 0 amide bonds. The summed E-state index contributed by atoms with van der Waals surface area (Å²) in [5, 5.41) is 0. The fraction of sp³-hybridized carbons (Fsp3) is 0.250. The van der Waals surface area contributed by atoms with Crippen LogP contribution in [0.25, 0.3) is 0 Å². The van der Waals surface area contributed by atoms with E-state index >= 15 is 0 Å². The molecule has 0 saturated heterocycles. The molecule has 0 radical (unpaired) electrons. The normalized spacial score (nSPS) is 10.6. The zero-order valence-electron chi connectivity index (χ0n) is 7.21. The van der Waals surface area contributed by atoms with Crippen LogP contribution < -0.4 is 11.5 Å². The Morgan fingerprint density at radius 1 is 1.57 bits per heavy atom. The van der Waals surface area contributed by atoms with Gasteiger partial charge in [0.25, 0.3) is 6.43 Å². The van der Waals surface area contributed by atoms with Crippen molar-refractivity contribution < 1.29 is 13.6 Å². The molecule has 4 N–H and O–H groups in total. The lowest BCUT2D eigenvalue weighted by Gasteiger charge is -2.10. The van der Waals surface area contributed by atoms with E-state index in [1.54, 1.807) is 0 Å². The second-order valence-electron chi connectivity index (χ2n) is 2.61. The molecule has 1 heterocycles. The third-order valence-corrected chi connectivity index (χ3v) is 1.81. The van der Waals surface area contributed by atoms with Crippen molar-refractivity contribution in [2.24, 2.45) is 5.73 Å². The number of aromatic nitrogens is 1. The zero-order chi connectivity index (χ0) is 10.7. The van der Waals surface area contributed by atoms with E-state index in [-0.39, 0.29) is 23.5 Å². The SMILES string of the molecule is NCc1ncc(C=O)c(N)c1C(F)F. The van der Waals surface area contributed by atoms with Gasteiger partial charge in [-0.2, -0.15) is 0 Å². The summed E-state index contributed by atoms with van der Waals surface area (Å²) >= 11 is 0. The minimum absolute atomic E-state index is 0.0168. The summed E-state index contributed by atoms with van der Waals surface area (Å²) in [4.78, 5) is 14.0. The molecule has 0 aliphatic carbocycles. The van der Waals surface area contributed by atoms with Gasteiger partial charge in [0.2, 0.25) is 0 Å². The number of pyridine rings is 1. The topological polar surface area (TPSA) is 82.0 Å². The highest BCUT2D eigenvalue weighted by atomic mass is 19.3. The third-order valence-electron chi connectivity index (χ3n) is 1.81. The maximum atomic E-state index is 12.5. The van der Waals surface area contributed by atoms with E-state index in [1.807, 2.05) is 0 Å². The van der Waals surface area contributed by atoms with E-state index in [0.717, 1.165) is 6.20 Å². The van der Waals surface area contributed by atoms with Crippen LogP contribution >= 0.6 is 0 Å². The highest BCUT2D eigenvalue weighted by Gasteiger charge is 2.19. The van der Waals surface area contributed by atoms with Crippen LogP contribution in [0.15, 0.2) is 6.20 Å². The second kappa shape index (κ2) is 4.10. The summed E-state index contributed by atoms with van der Waals surface area (Å²) in [6, 6.07) is 0. The third kappa shape index (κ3) is 1.69. The maximum absolute atomic E-state index is 12.5. The number of rotatable bonds is 3. The summed E-state index contributed by atoms with van der Waals surface area (Å²) in [5.74, 6) is 0. The fourth-order valence-corrected chi connectivity index (χ4v) is 1.10. The molecule has 0 aliphatic rings. The van der Waals surface area contributed by atoms with E-state index in [9.17, 15) is 13.6 Å². The van der Waals surface area contributed by atoms with E-state index in [4.69, 9.17) is 11.5 Å². The van der Waals surface area contributed by atoms with Gasteiger partial charge in [0.05, 0.1) is 22.5 Å². The van der Waals surface area contributed by atoms with Crippen LogP contribution in [0.1, 0.15) is 28.0 Å². The first kappa shape index (κ1) is 10.5. The van der Waals surface area contributed by atoms with Gasteiger partial charge in [0, 0.05) is 12.7 Å². The van der Waals surface area contributed by atoms with E-state index in [0.29, 0.717) is 6.29 Å². The number of alkyl halides is 2. The smallest absolute Gasteiger partial charge is 0.267 e. The molecule has 0 spiro atoms. The number of anilines is 1. The predicted molar refractivity (Wildman–Crippen MR) is 46.9 cm³/mol. The minimum atomic E-state index is -2.78. The molecule has 0 aromatic carbocycles. The number of nitrogen functional groups attached to an aromatic ring is 1. The molecular weight excluding hydrogens is 192 g/mol. The van der Waals surface area contributed by atoms with Gasteiger partial charge in [-0.25, -0.2) is 8.78 Å². The first-order valence-corrected chi connectivity index (χ1v) is 3.82. The van der Waals surface area contributed by atoms with Crippen LogP contribution in [0.3, 0.4) is 0 Å². The van der Waals surface area contributed by atoms with Gasteiger partial charge in [-0.1, -0.05) is 0 Å². The average Bonchev–Trinajstić information content (AvgIpc) is 2.16. The molecule has 1 rings (SSSR count). The number of hydrogen-bond donors (Lipinski definition) is 2. The summed E-state index contributed by atoms with van der Waals surface area (Å²) in [5.41, 5.74) is 9.85. The van der Waals surface area contributed by atoms with Crippen LogP contribution in [0.5, 0.6) is 0 Å². The largest absolute Gasteiger partial charge is 0.398 e. The highest BCUT2D eigenvalue weighted by molar-refractivity contribution is 5.84. The minimum Gasteiger partial charge on any atom is -0.398 e. The fourth-order valence-electron chi connectivity index (χ4n) is 1.10. The van der Waals surface area contributed by atoms with Crippen molar-refractivity contribution in [1.82, 2.24) is 4.98 Å². The van der Waals surface area contributed by atoms with Gasteiger partial charge < -0.3 is 11.5 Å². The van der Waals surface area contributed by atoms with Crippen molar-refractivity contribution in [1.29, 1.82) is 0 Å². The quantitative estimate of drug-likeness (QED) is 0.711. The summed E-state index contributed by atoms with van der Waals surface area (Å²) < 4.78 is 25.0. The van der Waals surface area contributed by atoms with Crippen molar-refractivity contribution in [3.05, 3.63) is 23.0 Å². The molecule has 1 aromatic rings. The van der Waals surface area contributed by atoms with Crippen molar-refractivity contribution in [3.63, 3.8) is 0 Å². The zero-order valence-corrected chi connectivity index (χ0v) is 7.21. The first-order valence-electron chi connectivity index (χ1n) is 3.82. The molecule has 0 atom stereocenters. The Balaban J connectivity index is 3.38. The summed E-state index contributed by atoms with van der Waals surface area (Å²) in [6.45, 7) is -0.136. The lowest BCUT2D eigenvalue weighted by atomic mass is 10.1. The molecule has 76 valence electrons. The van der Waals surface area contributed by atoms with Crippen LogP contribution in [0, 0.1) is 0 Å². The summed E-state index contributed by atoms with van der Waals surface area (Å²) in [7, 11) is 0. The van der Waals surface area contributed by atoms with Gasteiger partial charge in [-0.05, 0) is 0 Å². The van der Waals surface area contributed by atoms with E-state index in [2.05, 4.69) is 4.98 Å². The monoisotopic (exact) mass is 201 g/mol. The Morgan fingerprint density at radius 3 is 2.64 bits per heavy atom. The lowest BCUT2D eigenvalue weighted by Crippen LogP contribution is -2.10. The van der Waals surface area contributed by atoms with Gasteiger partial charge in [0.1, 0.15) is 0 Å². The Hall–Kier alpha value is -1.56. The maximum Gasteiger partial charge on any atom is 0.267 e. The van der Waals surface area contributed by atoms with Crippen molar-refractivity contribution in [3.8, 4) is 0 Å². The molecule has 0 saturated carbocycles. The number of nitrogens with zero attached hydrogens (tertiary/aromatic N) is 1. The highest BCUT2D eigenvalue weighted by Crippen LogP contribution is 2.28. The van der Waals surface area contributed by atoms with Gasteiger partial charge >= 0.3 is 0 Å². The Labute approximate surface area is 78.9 Å². The Kier molecular flexibility index (Phi) is 3.08. The number of carbonyl (C=O) groups is 1. The number of nitrogens with two attached hydrogens (primary N) is 2. The van der Waals surface area contributed by atoms with E-state index in [1.165, 1.54) is 0 Å². The van der Waals surface area contributed by atoms with Gasteiger partial charge in [-0.3, -0.25) is 9.78 Å². The van der Waals surface area contributed by atoms with Crippen molar-refractivity contribution in [2.45, 2.75) is 13.0 Å². The molecule has 14 heavy (non-hydrogen) atoms.